The van der Waals surface area contributed by atoms with Gasteiger partial charge in [-0.1, -0.05) is 18.2 Å². The van der Waals surface area contributed by atoms with Crippen molar-refractivity contribution in [2.45, 2.75) is 6.04 Å². The molecule has 1 aliphatic heterocycles. The standard InChI is InChI=1S/C20H18N6O2/c1-28-15-4-2-3-14(9-15)26-20(27)25-13-7-5-12(6-8-13)17-18-16(10-22-17)19(21)24-11-23-18/h2-11,17H,1H3,(H2,21,23,24)(H2,25,26,27). The molecule has 1 unspecified atom stereocenters. The molecule has 0 saturated carbocycles. The van der Waals surface area contributed by atoms with Gasteiger partial charge in [-0.15, -0.1) is 0 Å². The second kappa shape index (κ2) is 7.36. The molecule has 3 aromatic rings. The lowest BCUT2D eigenvalue weighted by molar-refractivity contribution is 0.262. The summed E-state index contributed by atoms with van der Waals surface area (Å²) in [6.45, 7) is 0. The molecule has 0 bridgehead atoms. The van der Waals surface area contributed by atoms with E-state index in [0.29, 0.717) is 22.9 Å². The van der Waals surface area contributed by atoms with Gasteiger partial charge in [-0.2, -0.15) is 0 Å². The molecule has 0 radical (unpaired) electrons. The number of urea groups is 1. The number of amides is 2. The van der Waals surface area contributed by atoms with E-state index in [-0.39, 0.29) is 12.1 Å². The van der Waals surface area contributed by atoms with Crippen LogP contribution in [0.25, 0.3) is 0 Å². The van der Waals surface area contributed by atoms with Crippen LogP contribution in [-0.4, -0.2) is 29.3 Å². The predicted molar refractivity (Wildman–Crippen MR) is 108 cm³/mol. The van der Waals surface area contributed by atoms with E-state index in [2.05, 4.69) is 25.6 Å². The quantitative estimate of drug-likeness (QED) is 0.649. The van der Waals surface area contributed by atoms with Crippen LogP contribution in [0, 0.1) is 0 Å². The van der Waals surface area contributed by atoms with Crippen molar-refractivity contribution in [1.29, 1.82) is 0 Å². The fraction of sp³-hybridized carbons (Fsp3) is 0.100. The maximum Gasteiger partial charge on any atom is 0.323 e. The maximum atomic E-state index is 12.2. The number of aromatic nitrogens is 2. The smallest absolute Gasteiger partial charge is 0.323 e. The van der Waals surface area contributed by atoms with Crippen LogP contribution in [-0.2, 0) is 0 Å². The fourth-order valence-corrected chi connectivity index (χ4v) is 2.98. The summed E-state index contributed by atoms with van der Waals surface area (Å²) in [5.74, 6) is 1.09. The van der Waals surface area contributed by atoms with Crippen molar-refractivity contribution in [2.24, 2.45) is 4.99 Å². The average molecular weight is 374 g/mol. The molecule has 0 saturated heterocycles. The number of methoxy groups -OCH3 is 1. The van der Waals surface area contributed by atoms with Gasteiger partial charge in [0.2, 0.25) is 0 Å². The van der Waals surface area contributed by atoms with E-state index < -0.39 is 0 Å². The summed E-state index contributed by atoms with van der Waals surface area (Å²) in [4.78, 5) is 25.0. The molecule has 8 heteroatoms. The van der Waals surface area contributed by atoms with Gasteiger partial charge < -0.3 is 21.1 Å². The molecule has 28 heavy (non-hydrogen) atoms. The molecule has 4 rings (SSSR count). The zero-order valence-electron chi connectivity index (χ0n) is 15.1. The van der Waals surface area contributed by atoms with E-state index >= 15 is 0 Å². The second-order valence-corrected chi connectivity index (χ2v) is 6.17. The van der Waals surface area contributed by atoms with E-state index in [9.17, 15) is 4.79 Å². The molecule has 1 atom stereocenters. The number of nitrogen functional groups attached to an aromatic ring is 1. The number of hydrogen-bond donors (Lipinski definition) is 3. The Balaban J connectivity index is 1.44. The predicted octanol–water partition coefficient (Wildman–Crippen LogP) is 3.23. The second-order valence-electron chi connectivity index (χ2n) is 6.17. The highest BCUT2D eigenvalue weighted by molar-refractivity contribution is 5.99. The number of aliphatic imine (C=N–C) groups is 1. The Hall–Kier alpha value is -3.94. The van der Waals surface area contributed by atoms with Crippen molar-refractivity contribution >= 4 is 29.4 Å². The lowest BCUT2D eigenvalue weighted by atomic mass is 10.0. The summed E-state index contributed by atoms with van der Waals surface area (Å²) in [6.07, 6.45) is 3.14. The molecule has 0 fully saturated rings. The van der Waals surface area contributed by atoms with Crippen LogP contribution >= 0.6 is 0 Å². The minimum atomic E-state index is -0.342. The van der Waals surface area contributed by atoms with Crippen LogP contribution in [0.4, 0.5) is 22.0 Å². The van der Waals surface area contributed by atoms with E-state index in [1.165, 1.54) is 6.33 Å². The topological polar surface area (TPSA) is 115 Å². The first-order chi connectivity index (χ1) is 13.6. The lowest BCUT2D eigenvalue weighted by Gasteiger charge is -2.12. The first-order valence-corrected chi connectivity index (χ1v) is 8.59. The number of fused-ring (bicyclic) bond motifs is 1. The van der Waals surface area contributed by atoms with E-state index in [1.807, 2.05) is 30.3 Å². The molecular weight excluding hydrogens is 356 g/mol. The zero-order valence-corrected chi connectivity index (χ0v) is 15.1. The number of anilines is 3. The van der Waals surface area contributed by atoms with Gasteiger partial charge in [0.1, 0.15) is 23.9 Å². The van der Waals surface area contributed by atoms with Crippen molar-refractivity contribution in [2.75, 3.05) is 23.5 Å². The van der Waals surface area contributed by atoms with Gasteiger partial charge in [-0.3, -0.25) is 4.99 Å². The molecule has 8 nitrogen and oxygen atoms in total. The van der Waals surface area contributed by atoms with Crippen molar-refractivity contribution in [3.63, 3.8) is 0 Å². The van der Waals surface area contributed by atoms with Crippen LogP contribution in [0.2, 0.25) is 0 Å². The van der Waals surface area contributed by atoms with Crippen LogP contribution in [0.3, 0.4) is 0 Å². The molecule has 2 amide bonds. The third-order valence-electron chi connectivity index (χ3n) is 4.37. The van der Waals surface area contributed by atoms with Crippen LogP contribution in [0.5, 0.6) is 5.75 Å². The van der Waals surface area contributed by atoms with E-state index in [0.717, 1.165) is 16.8 Å². The highest BCUT2D eigenvalue weighted by Gasteiger charge is 2.24. The Morgan fingerprint density at radius 3 is 2.64 bits per heavy atom. The van der Waals surface area contributed by atoms with E-state index in [4.69, 9.17) is 10.5 Å². The first kappa shape index (κ1) is 17.5. The van der Waals surface area contributed by atoms with Gasteiger partial charge in [0, 0.05) is 23.7 Å². The minimum Gasteiger partial charge on any atom is -0.497 e. The van der Waals surface area contributed by atoms with Crippen LogP contribution in [0.15, 0.2) is 59.9 Å². The Morgan fingerprint density at radius 2 is 1.86 bits per heavy atom. The molecule has 1 aromatic heterocycles. The molecule has 2 aromatic carbocycles. The monoisotopic (exact) mass is 374 g/mol. The van der Waals surface area contributed by atoms with Crippen molar-refractivity contribution in [1.82, 2.24) is 9.97 Å². The number of benzene rings is 2. The molecule has 4 N–H and O–H groups in total. The van der Waals surface area contributed by atoms with Gasteiger partial charge in [0.25, 0.3) is 0 Å². The summed E-state index contributed by atoms with van der Waals surface area (Å²) >= 11 is 0. The third-order valence-corrected chi connectivity index (χ3v) is 4.37. The maximum absolute atomic E-state index is 12.2. The van der Waals surface area contributed by atoms with Gasteiger partial charge in [0.15, 0.2) is 0 Å². The zero-order chi connectivity index (χ0) is 19.5. The highest BCUT2D eigenvalue weighted by atomic mass is 16.5. The average Bonchev–Trinajstić information content (AvgIpc) is 3.14. The fourth-order valence-electron chi connectivity index (χ4n) is 2.98. The molecule has 0 spiro atoms. The Morgan fingerprint density at radius 1 is 1.07 bits per heavy atom. The van der Waals surface area contributed by atoms with Gasteiger partial charge >= 0.3 is 6.03 Å². The molecule has 1 aliphatic rings. The molecule has 2 heterocycles. The van der Waals surface area contributed by atoms with Crippen molar-refractivity contribution in [3.8, 4) is 5.75 Å². The summed E-state index contributed by atoms with van der Waals surface area (Å²) in [5.41, 5.74) is 9.66. The Kier molecular flexibility index (Phi) is 4.59. The first-order valence-electron chi connectivity index (χ1n) is 8.59. The number of nitrogens with one attached hydrogen (secondary N) is 2. The molecule has 140 valence electrons. The highest BCUT2D eigenvalue weighted by Crippen LogP contribution is 2.33. The number of nitrogens with zero attached hydrogens (tertiary/aromatic N) is 3. The molecule has 0 aliphatic carbocycles. The molecular formula is C20H18N6O2. The Bertz CT molecular complexity index is 1050. The third kappa shape index (κ3) is 3.48. The number of carbonyl (C=O) groups is 1. The van der Waals surface area contributed by atoms with Crippen LogP contribution in [0.1, 0.15) is 22.9 Å². The van der Waals surface area contributed by atoms with Gasteiger partial charge in [-0.05, 0) is 29.8 Å². The SMILES string of the molecule is COc1cccc(NC(=O)Nc2ccc(C3N=Cc4c(N)ncnc43)cc2)c1. The summed E-state index contributed by atoms with van der Waals surface area (Å²) in [5, 5.41) is 5.57. The summed E-state index contributed by atoms with van der Waals surface area (Å²) in [6, 6.07) is 14.0. The normalized spacial score (nSPS) is 14.4. The number of rotatable bonds is 4. The summed E-state index contributed by atoms with van der Waals surface area (Å²) < 4.78 is 5.15. The van der Waals surface area contributed by atoms with E-state index in [1.54, 1.807) is 31.5 Å². The largest absolute Gasteiger partial charge is 0.497 e. The number of nitrogens with two attached hydrogens (primary N) is 1. The number of carbonyl (C=O) groups excluding carboxylic acids is 1. The number of hydrogen-bond acceptors (Lipinski definition) is 6. The van der Waals surface area contributed by atoms with Crippen molar-refractivity contribution in [3.05, 3.63) is 71.7 Å². The van der Waals surface area contributed by atoms with Crippen molar-refractivity contribution < 1.29 is 9.53 Å². The van der Waals surface area contributed by atoms with Gasteiger partial charge in [-0.25, -0.2) is 14.8 Å². The van der Waals surface area contributed by atoms with Crippen LogP contribution < -0.4 is 21.1 Å². The Labute approximate surface area is 161 Å². The lowest BCUT2D eigenvalue weighted by Crippen LogP contribution is -2.19. The minimum absolute atomic E-state index is 0.222. The number of ether oxygens (including phenoxy) is 1. The van der Waals surface area contributed by atoms with Gasteiger partial charge in [0.05, 0.1) is 18.4 Å². The summed E-state index contributed by atoms with van der Waals surface area (Å²) in [7, 11) is 1.58.